The van der Waals surface area contributed by atoms with Crippen LogP contribution < -0.4 is 5.73 Å². The third kappa shape index (κ3) is 3.67. The maximum Gasteiger partial charge on any atom is 0.0898 e. The molecule has 1 fully saturated rings. The maximum absolute atomic E-state index is 5.91. The first kappa shape index (κ1) is 15.1. The molecule has 1 atom stereocenters. The number of nitrogens with two attached hydrogens (primary N) is 1. The first-order valence-corrected chi connectivity index (χ1v) is 7.79. The van der Waals surface area contributed by atoms with E-state index in [9.17, 15) is 0 Å². The summed E-state index contributed by atoms with van der Waals surface area (Å²) in [5.74, 6) is 0. The number of hydrogen-bond acceptors (Lipinski definition) is 4. The van der Waals surface area contributed by atoms with Crippen LogP contribution in [0.3, 0.4) is 0 Å². The summed E-state index contributed by atoms with van der Waals surface area (Å²) in [7, 11) is 0. The summed E-state index contributed by atoms with van der Waals surface area (Å²) in [6.45, 7) is 8.50. The zero-order valence-electron chi connectivity index (χ0n) is 13.3. The van der Waals surface area contributed by atoms with Gasteiger partial charge in [0.15, 0.2) is 0 Å². The second-order valence-corrected chi connectivity index (χ2v) is 6.08. The Bertz CT molecular complexity index is 637. The van der Waals surface area contributed by atoms with Crippen LogP contribution in [0.5, 0.6) is 0 Å². The zero-order valence-corrected chi connectivity index (χ0v) is 13.3. The van der Waals surface area contributed by atoms with Crippen molar-refractivity contribution in [1.82, 2.24) is 14.7 Å². The molecular weight excluding hydrogens is 276 g/mol. The van der Waals surface area contributed by atoms with Crippen molar-refractivity contribution in [2.75, 3.05) is 25.4 Å². The Morgan fingerprint density at radius 1 is 1.32 bits per heavy atom. The van der Waals surface area contributed by atoms with Gasteiger partial charge in [0.2, 0.25) is 0 Å². The van der Waals surface area contributed by atoms with Crippen LogP contribution >= 0.6 is 0 Å². The molecule has 0 aliphatic carbocycles. The summed E-state index contributed by atoms with van der Waals surface area (Å²) >= 11 is 0. The van der Waals surface area contributed by atoms with Crippen LogP contribution in [0.25, 0.3) is 0 Å². The largest absolute Gasteiger partial charge is 0.399 e. The monoisotopic (exact) mass is 300 g/mol. The summed E-state index contributed by atoms with van der Waals surface area (Å²) in [4.78, 5) is 2.43. The average molecular weight is 300 g/mol. The fraction of sp³-hybridized carbons (Fsp3) is 0.471. The number of aromatic nitrogens is 2. The molecule has 1 saturated heterocycles. The highest BCUT2D eigenvalue weighted by Gasteiger charge is 2.21. The van der Waals surface area contributed by atoms with Crippen molar-refractivity contribution < 1.29 is 4.74 Å². The lowest BCUT2D eigenvalue weighted by Crippen LogP contribution is -2.43. The van der Waals surface area contributed by atoms with Crippen LogP contribution in [0.15, 0.2) is 30.3 Å². The predicted octanol–water partition coefficient (Wildman–Crippen LogP) is 1.98. The summed E-state index contributed by atoms with van der Waals surface area (Å²) in [6.07, 6.45) is 0.188. The minimum absolute atomic E-state index is 0.188. The Balaban J connectivity index is 1.60. The normalized spacial score (nSPS) is 19.5. The van der Waals surface area contributed by atoms with Crippen molar-refractivity contribution in [1.29, 1.82) is 0 Å². The van der Waals surface area contributed by atoms with Gasteiger partial charge in [-0.1, -0.05) is 12.1 Å². The Morgan fingerprint density at radius 2 is 2.18 bits per heavy atom. The van der Waals surface area contributed by atoms with E-state index in [4.69, 9.17) is 10.5 Å². The van der Waals surface area contributed by atoms with E-state index in [0.717, 1.165) is 44.2 Å². The molecule has 0 spiro atoms. The van der Waals surface area contributed by atoms with Crippen molar-refractivity contribution in [2.45, 2.75) is 33.0 Å². The van der Waals surface area contributed by atoms with Gasteiger partial charge in [-0.25, -0.2) is 0 Å². The molecule has 0 bridgehead atoms. The van der Waals surface area contributed by atoms with Gasteiger partial charge in [0, 0.05) is 31.0 Å². The van der Waals surface area contributed by atoms with Gasteiger partial charge in [-0.3, -0.25) is 9.58 Å². The third-order valence-corrected chi connectivity index (χ3v) is 4.06. The van der Waals surface area contributed by atoms with Crippen LogP contribution in [0.2, 0.25) is 0 Å². The highest BCUT2D eigenvalue weighted by Crippen LogP contribution is 2.14. The van der Waals surface area contributed by atoms with E-state index < -0.39 is 0 Å². The number of ether oxygens (including phenoxy) is 1. The SMILES string of the molecule is Cc1cc(C)n(CC2CN(Cc3cccc(N)c3)CCO2)n1. The fourth-order valence-corrected chi connectivity index (χ4v) is 3.04. The van der Waals surface area contributed by atoms with Gasteiger partial charge in [-0.05, 0) is 37.6 Å². The lowest BCUT2D eigenvalue weighted by Gasteiger charge is -2.33. The first-order chi connectivity index (χ1) is 10.6. The molecule has 5 nitrogen and oxygen atoms in total. The van der Waals surface area contributed by atoms with Crippen LogP contribution in [-0.4, -0.2) is 40.5 Å². The summed E-state index contributed by atoms with van der Waals surface area (Å²) < 4.78 is 7.96. The highest BCUT2D eigenvalue weighted by molar-refractivity contribution is 5.40. The number of hydrogen-bond donors (Lipinski definition) is 1. The number of rotatable bonds is 4. The summed E-state index contributed by atoms with van der Waals surface area (Å²) in [6, 6.07) is 10.2. The smallest absolute Gasteiger partial charge is 0.0898 e. The molecule has 22 heavy (non-hydrogen) atoms. The second kappa shape index (κ2) is 6.50. The van der Waals surface area contributed by atoms with E-state index in [2.05, 4.69) is 29.1 Å². The van der Waals surface area contributed by atoms with Gasteiger partial charge in [-0.2, -0.15) is 5.10 Å². The van der Waals surface area contributed by atoms with E-state index >= 15 is 0 Å². The van der Waals surface area contributed by atoms with Gasteiger partial charge in [-0.15, -0.1) is 0 Å². The molecule has 0 radical (unpaired) electrons. The Kier molecular flexibility index (Phi) is 4.45. The van der Waals surface area contributed by atoms with Gasteiger partial charge in [0.25, 0.3) is 0 Å². The first-order valence-electron chi connectivity index (χ1n) is 7.79. The predicted molar refractivity (Wildman–Crippen MR) is 87.6 cm³/mol. The lowest BCUT2D eigenvalue weighted by molar-refractivity contribution is -0.0404. The molecule has 2 N–H and O–H groups in total. The molecule has 2 heterocycles. The van der Waals surface area contributed by atoms with Crippen molar-refractivity contribution in [3.05, 3.63) is 47.3 Å². The standard InChI is InChI=1S/C17H24N4O/c1-13-8-14(2)21(19-13)12-17-11-20(6-7-22-17)10-15-4-3-5-16(18)9-15/h3-5,8-9,17H,6-7,10-12,18H2,1-2H3. The van der Waals surface area contributed by atoms with E-state index in [1.807, 2.05) is 29.8 Å². The molecule has 2 aromatic rings. The second-order valence-electron chi connectivity index (χ2n) is 6.08. The van der Waals surface area contributed by atoms with Crippen LogP contribution in [-0.2, 0) is 17.8 Å². The molecule has 0 saturated carbocycles. The minimum Gasteiger partial charge on any atom is -0.399 e. The maximum atomic E-state index is 5.91. The van der Waals surface area contributed by atoms with Crippen molar-refractivity contribution in [3.63, 3.8) is 0 Å². The summed E-state index contributed by atoms with van der Waals surface area (Å²) in [5.41, 5.74) is 10.2. The highest BCUT2D eigenvalue weighted by atomic mass is 16.5. The Hall–Kier alpha value is -1.85. The molecule has 118 valence electrons. The van der Waals surface area contributed by atoms with E-state index in [-0.39, 0.29) is 6.10 Å². The third-order valence-electron chi connectivity index (χ3n) is 4.06. The fourth-order valence-electron chi connectivity index (χ4n) is 3.04. The van der Waals surface area contributed by atoms with Gasteiger partial charge < -0.3 is 10.5 Å². The quantitative estimate of drug-likeness (QED) is 0.877. The molecule has 1 aliphatic rings. The van der Waals surface area contributed by atoms with Gasteiger partial charge in [0.05, 0.1) is 24.9 Å². The number of benzene rings is 1. The Morgan fingerprint density at radius 3 is 2.91 bits per heavy atom. The van der Waals surface area contributed by atoms with Crippen LogP contribution in [0, 0.1) is 13.8 Å². The van der Waals surface area contributed by atoms with Crippen molar-refractivity contribution in [2.24, 2.45) is 0 Å². The van der Waals surface area contributed by atoms with E-state index in [0.29, 0.717) is 0 Å². The molecule has 1 unspecified atom stereocenters. The number of nitrogen functional groups attached to an aromatic ring is 1. The summed E-state index contributed by atoms with van der Waals surface area (Å²) in [5, 5.41) is 4.53. The molecule has 3 rings (SSSR count). The molecule has 1 aromatic carbocycles. The van der Waals surface area contributed by atoms with E-state index in [1.165, 1.54) is 11.3 Å². The zero-order chi connectivity index (χ0) is 15.5. The lowest BCUT2D eigenvalue weighted by atomic mass is 10.1. The molecular formula is C17H24N4O. The van der Waals surface area contributed by atoms with Crippen LogP contribution in [0.4, 0.5) is 5.69 Å². The van der Waals surface area contributed by atoms with Crippen molar-refractivity contribution in [3.8, 4) is 0 Å². The number of aryl methyl sites for hydroxylation is 2. The van der Waals surface area contributed by atoms with Gasteiger partial charge in [0.1, 0.15) is 0 Å². The van der Waals surface area contributed by atoms with Crippen LogP contribution in [0.1, 0.15) is 17.0 Å². The van der Waals surface area contributed by atoms with Gasteiger partial charge >= 0.3 is 0 Å². The molecule has 0 amide bonds. The number of nitrogens with zero attached hydrogens (tertiary/aromatic N) is 3. The number of anilines is 1. The van der Waals surface area contributed by atoms with Crippen molar-refractivity contribution >= 4 is 5.69 Å². The average Bonchev–Trinajstić information content (AvgIpc) is 2.77. The minimum atomic E-state index is 0.188. The molecule has 5 heteroatoms. The topological polar surface area (TPSA) is 56.3 Å². The molecule has 1 aromatic heterocycles. The van der Waals surface area contributed by atoms with E-state index in [1.54, 1.807) is 0 Å². The number of morpholine rings is 1. The molecule has 1 aliphatic heterocycles. The Labute approximate surface area is 131 Å².